The molecule has 0 amide bonds. The Morgan fingerprint density at radius 3 is 2.00 bits per heavy atom. The number of ether oxygens (including phenoxy) is 3. The van der Waals surface area contributed by atoms with Crippen LogP contribution in [0.3, 0.4) is 0 Å². The highest BCUT2D eigenvalue weighted by molar-refractivity contribution is 5.91. The molecule has 0 unspecified atom stereocenters. The molecule has 0 bridgehead atoms. The minimum atomic E-state index is -0.736. The lowest BCUT2D eigenvalue weighted by molar-refractivity contribution is 0.0734. The largest absolute Gasteiger partial charge is 0.513 e. The van der Waals surface area contributed by atoms with E-state index < -0.39 is 12.1 Å². The second-order valence-electron chi connectivity index (χ2n) is 6.92. The van der Waals surface area contributed by atoms with Crippen molar-refractivity contribution in [3.8, 4) is 11.5 Å². The van der Waals surface area contributed by atoms with E-state index in [-0.39, 0.29) is 0 Å². The predicted molar refractivity (Wildman–Crippen MR) is 113 cm³/mol. The molecule has 2 aromatic carbocycles. The Morgan fingerprint density at radius 2 is 1.34 bits per heavy atom. The molecule has 0 spiro atoms. The molecule has 0 saturated carbocycles. The van der Waals surface area contributed by atoms with Crippen LogP contribution >= 0.6 is 0 Å². The zero-order valence-corrected chi connectivity index (χ0v) is 17.3. The molecule has 29 heavy (non-hydrogen) atoms. The van der Waals surface area contributed by atoms with E-state index in [4.69, 9.17) is 14.2 Å². The van der Waals surface area contributed by atoms with E-state index in [9.17, 15) is 9.59 Å². The van der Waals surface area contributed by atoms with Crippen LogP contribution < -0.4 is 9.47 Å². The van der Waals surface area contributed by atoms with Crippen molar-refractivity contribution in [2.75, 3.05) is 6.61 Å². The summed E-state index contributed by atoms with van der Waals surface area (Å²) >= 11 is 0. The number of unbranched alkanes of at least 4 members (excludes halogenated alkanes) is 4. The number of benzene rings is 2. The molecule has 156 valence electrons. The number of rotatable bonds is 11. The molecule has 0 radical (unpaired) electrons. The first kappa shape index (κ1) is 22.5. The van der Waals surface area contributed by atoms with Crippen molar-refractivity contribution >= 4 is 12.1 Å². The summed E-state index contributed by atoms with van der Waals surface area (Å²) < 4.78 is 15.5. The molecule has 0 aliphatic heterocycles. The SMILES string of the molecule is CCCCCCOC(=O)Oc1ccc(C(=O)Oc2ccc(CCCC)cc2)cc1. The number of carbonyl (C=O) groups excluding carboxylic acids is 2. The van der Waals surface area contributed by atoms with Gasteiger partial charge in [0.15, 0.2) is 0 Å². The summed E-state index contributed by atoms with van der Waals surface area (Å²) in [5.74, 6) is 0.360. The van der Waals surface area contributed by atoms with Gasteiger partial charge in [0, 0.05) is 0 Å². The van der Waals surface area contributed by atoms with Crippen LogP contribution in [0.2, 0.25) is 0 Å². The monoisotopic (exact) mass is 398 g/mol. The maximum atomic E-state index is 12.3. The molecule has 0 fully saturated rings. The fourth-order valence-corrected chi connectivity index (χ4v) is 2.74. The van der Waals surface area contributed by atoms with Crippen LogP contribution in [0.1, 0.15) is 68.3 Å². The summed E-state index contributed by atoms with van der Waals surface area (Å²) in [6.45, 7) is 4.63. The fourth-order valence-electron chi connectivity index (χ4n) is 2.74. The molecule has 0 aromatic heterocycles. The molecule has 2 aromatic rings. The van der Waals surface area contributed by atoms with Crippen LogP contribution in [0.25, 0.3) is 0 Å². The Morgan fingerprint density at radius 1 is 0.724 bits per heavy atom. The number of hydrogen-bond acceptors (Lipinski definition) is 5. The second kappa shape index (κ2) is 12.6. The fraction of sp³-hybridized carbons (Fsp3) is 0.417. The van der Waals surface area contributed by atoms with Gasteiger partial charge in [-0.25, -0.2) is 9.59 Å². The van der Waals surface area contributed by atoms with E-state index in [2.05, 4.69) is 13.8 Å². The zero-order chi connectivity index (χ0) is 20.9. The van der Waals surface area contributed by atoms with Crippen molar-refractivity contribution in [1.29, 1.82) is 0 Å². The third-order valence-corrected chi connectivity index (χ3v) is 4.46. The van der Waals surface area contributed by atoms with Crippen molar-refractivity contribution in [1.82, 2.24) is 0 Å². The van der Waals surface area contributed by atoms with Crippen molar-refractivity contribution in [2.45, 2.75) is 58.8 Å². The molecule has 0 aliphatic carbocycles. The zero-order valence-electron chi connectivity index (χ0n) is 17.3. The summed E-state index contributed by atoms with van der Waals surface area (Å²) in [6, 6.07) is 13.8. The van der Waals surface area contributed by atoms with E-state index >= 15 is 0 Å². The van der Waals surface area contributed by atoms with Gasteiger partial charge < -0.3 is 14.2 Å². The highest BCUT2D eigenvalue weighted by atomic mass is 16.7. The molecule has 2 rings (SSSR count). The normalized spacial score (nSPS) is 10.4. The van der Waals surface area contributed by atoms with Gasteiger partial charge in [-0.1, -0.05) is 51.7 Å². The quantitative estimate of drug-likeness (QED) is 0.191. The maximum Gasteiger partial charge on any atom is 0.513 e. The van der Waals surface area contributed by atoms with Crippen molar-refractivity contribution in [2.24, 2.45) is 0 Å². The third-order valence-electron chi connectivity index (χ3n) is 4.46. The van der Waals surface area contributed by atoms with Crippen molar-refractivity contribution < 1.29 is 23.8 Å². The van der Waals surface area contributed by atoms with Gasteiger partial charge in [-0.2, -0.15) is 0 Å². The van der Waals surface area contributed by atoms with Crippen LogP contribution in [0.4, 0.5) is 4.79 Å². The molecular formula is C24H30O5. The number of esters is 1. The van der Waals surface area contributed by atoms with Gasteiger partial charge in [-0.3, -0.25) is 0 Å². The highest BCUT2D eigenvalue weighted by Gasteiger charge is 2.11. The van der Waals surface area contributed by atoms with Crippen molar-refractivity contribution in [3.63, 3.8) is 0 Å². The number of hydrogen-bond donors (Lipinski definition) is 0. The molecule has 5 heteroatoms. The molecule has 0 aliphatic rings. The Kier molecular flexibility index (Phi) is 9.76. The second-order valence-corrected chi connectivity index (χ2v) is 6.92. The lowest BCUT2D eigenvalue weighted by atomic mass is 10.1. The van der Waals surface area contributed by atoms with E-state index in [1.165, 1.54) is 5.56 Å². The average Bonchev–Trinajstić information content (AvgIpc) is 2.73. The first-order valence-electron chi connectivity index (χ1n) is 10.4. The number of carbonyl (C=O) groups is 2. The van der Waals surface area contributed by atoms with Gasteiger partial charge in [0.1, 0.15) is 11.5 Å². The highest BCUT2D eigenvalue weighted by Crippen LogP contribution is 2.18. The van der Waals surface area contributed by atoms with Crippen LogP contribution in [0.5, 0.6) is 11.5 Å². The summed E-state index contributed by atoms with van der Waals surface area (Å²) in [6.07, 6.45) is 6.68. The molecule has 0 N–H and O–H groups in total. The van der Waals surface area contributed by atoms with Crippen LogP contribution in [-0.2, 0) is 11.2 Å². The molecule has 0 saturated heterocycles. The van der Waals surface area contributed by atoms with E-state index in [0.717, 1.165) is 44.9 Å². The van der Waals surface area contributed by atoms with Gasteiger partial charge in [-0.15, -0.1) is 0 Å². The lowest BCUT2D eigenvalue weighted by Gasteiger charge is -2.08. The Balaban J connectivity index is 1.79. The Hall–Kier alpha value is -2.82. The predicted octanol–water partition coefficient (Wildman–Crippen LogP) is 6.34. The van der Waals surface area contributed by atoms with Gasteiger partial charge in [-0.05, 0) is 61.2 Å². The first-order chi connectivity index (χ1) is 14.1. The number of aryl methyl sites for hydroxylation is 1. The third kappa shape index (κ3) is 8.38. The van der Waals surface area contributed by atoms with E-state index in [1.54, 1.807) is 36.4 Å². The smallest absolute Gasteiger partial charge is 0.434 e. The van der Waals surface area contributed by atoms with Crippen LogP contribution in [-0.4, -0.2) is 18.7 Å². The van der Waals surface area contributed by atoms with Gasteiger partial charge >= 0.3 is 12.1 Å². The van der Waals surface area contributed by atoms with Crippen molar-refractivity contribution in [3.05, 3.63) is 59.7 Å². The topological polar surface area (TPSA) is 61.8 Å². The Bertz CT molecular complexity index is 750. The average molecular weight is 398 g/mol. The van der Waals surface area contributed by atoms with E-state index in [1.807, 2.05) is 12.1 Å². The lowest BCUT2D eigenvalue weighted by Crippen LogP contribution is -2.12. The van der Waals surface area contributed by atoms with Gasteiger partial charge in [0.2, 0.25) is 0 Å². The molecular weight excluding hydrogens is 368 g/mol. The van der Waals surface area contributed by atoms with Crippen LogP contribution in [0.15, 0.2) is 48.5 Å². The van der Waals surface area contributed by atoms with Crippen LogP contribution in [0, 0.1) is 0 Å². The molecule has 5 nitrogen and oxygen atoms in total. The molecule has 0 heterocycles. The first-order valence-corrected chi connectivity index (χ1v) is 10.4. The minimum Gasteiger partial charge on any atom is -0.434 e. The minimum absolute atomic E-state index is 0.320. The summed E-state index contributed by atoms with van der Waals surface area (Å²) in [7, 11) is 0. The Labute approximate surface area is 173 Å². The molecule has 0 atom stereocenters. The van der Waals surface area contributed by atoms with Gasteiger partial charge in [0.05, 0.1) is 12.2 Å². The van der Waals surface area contributed by atoms with Gasteiger partial charge in [0.25, 0.3) is 0 Å². The standard InChI is InChI=1S/C24H30O5/c1-3-5-7-8-18-27-24(26)29-22-16-12-20(13-17-22)23(25)28-21-14-10-19(11-15-21)9-6-4-2/h10-17H,3-9,18H2,1-2H3. The van der Waals surface area contributed by atoms with E-state index in [0.29, 0.717) is 23.7 Å². The summed E-state index contributed by atoms with van der Waals surface area (Å²) in [4.78, 5) is 23.9. The summed E-state index contributed by atoms with van der Waals surface area (Å²) in [5.41, 5.74) is 1.60. The maximum absolute atomic E-state index is 12.3. The summed E-state index contributed by atoms with van der Waals surface area (Å²) in [5, 5.41) is 0.